The summed E-state index contributed by atoms with van der Waals surface area (Å²) in [6.07, 6.45) is 1.81. The minimum absolute atomic E-state index is 0.830. The van der Waals surface area contributed by atoms with Crippen LogP contribution in [0.1, 0.15) is 10.6 Å². The van der Waals surface area contributed by atoms with Gasteiger partial charge in [-0.3, -0.25) is 4.98 Å². The van der Waals surface area contributed by atoms with Crippen molar-refractivity contribution >= 4 is 22.9 Å². The highest BCUT2D eigenvalue weighted by Gasteiger charge is 2.26. The first kappa shape index (κ1) is 15.2. The van der Waals surface area contributed by atoms with Crippen LogP contribution >= 0.6 is 11.3 Å². The van der Waals surface area contributed by atoms with Gasteiger partial charge in [-0.05, 0) is 19.1 Å². The second-order valence-corrected chi connectivity index (χ2v) is 5.87. The van der Waals surface area contributed by atoms with E-state index >= 15 is 0 Å². The van der Waals surface area contributed by atoms with Gasteiger partial charge in [0.1, 0.15) is 0 Å². The molecule has 1 aromatic heterocycles. The molecule has 0 fully saturated rings. The Balaban J connectivity index is 0.000000220. The minimum Gasteiger partial charge on any atom is -0.250 e. The molecule has 0 aliphatic carbocycles. The van der Waals surface area contributed by atoms with Gasteiger partial charge in [-0.15, -0.1) is 16.3 Å². The number of aryl methyl sites for hydroxylation is 1. The average molecular weight is 322 g/mol. The number of hydrogen-bond acceptors (Lipinski definition) is 5. The van der Waals surface area contributed by atoms with Gasteiger partial charge in [-0.1, -0.05) is 41.5 Å². The number of aromatic nitrogens is 1. The SMILES string of the molecule is Cc1nccs1.c1ccc(C2=NN=N[NH+]2c2ccccc2)cc1. The number of hydrogen-bond donors (Lipinski definition) is 1. The Labute approximate surface area is 138 Å². The van der Waals surface area contributed by atoms with Crippen molar-refractivity contribution in [3.8, 4) is 0 Å². The molecule has 3 aromatic rings. The summed E-state index contributed by atoms with van der Waals surface area (Å²) in [5.74, 6) is 0.830. The maximum absolute atomic E-state index is 4.10. The first-order valence-corrected chi connectivity index (χ1v) is 8.05. The third-order valence-electron chi connectivity index (χ3n) is 3.16. The number of nitrogens with one attached hydrogen (secondary N) is 1. The Bertz CT molecular complexity index is 782. The molecule has 1 N–H and O–H groups in total. The molecule has 114 valence electrons. The van der Waals surface area contributed by atoms with E-state index in [0.29, 0.717) is 0 Å². The molecule has 1 unspecified atom stereocenters. The molecule has 0 saturated heterocycles. The van der Waals surface area contributed by atoms with Gasteiger partial charge < -0.3 is 0 Å². The summed E-state index contributed by atoms with van der Waals surface area (Å²) >= 11 is 1.67. The standard InChI is InChI=1S/C13H10N4.C4H5NS/c1-3-7-11(8-4-1)13-14-15-16-17(13)12-9-5-2-6-10-12;1-4-5-2-3-6-4/h1-10H;2-3H,1H3/p+1. The molecular weight excluding hydrogens is 306 g/mol. The van der Waals surface area contributed by atoms with Gasteiger partial charge in [-0.2, -0.15) is 0 Å². The van der Waals surface area contributed by atoms with Crippen molar-refractivity contribution in [2.24, 2.45) is 15.5 Å². The van der Waals surface area contributed by atoms with E-state index in [1.807, 2.05) is 73.0 Å². The maximum atomic E-state index is 4.10. The van der Waals surface area contributed by atoms with Crippen LogP contribution in [0, 0.1) is 6.92 Å². The van der Waals surface area contributed by atoms with E-state index in [9.17, 15) is 0 Å². The Morgan fingerprint density at radius 3 is 2.17 bits per heavy atom. The molecule has 2 heterocycles. The zero-order valence-corrected chi connectivity index (χ0v) is 13.4. The first-order valence-electron chi connectivity index (χ1n) is 7.17. The summed E-state index contributed by atoms with van der Waals surface area (Å²) in [4.78, 5) is 3.94. The predicted molar refractivity (Wildman–Crippen MR) is 91.8 cm³/mol. The van der Waals surface area contributed by atoms with Crippen LogP contribution in [-0.2, 0) is 0 Å². The molecular formula is C17H16N5S+. The van der Waals surface area contributed by atoms with Gasteiger partial charge in [0.15, 0.2) is 5.69 Å². The van der Waals surface area contributed by atoms with Crippen molar-refractivity contribution in [1.82, 2.24) is 4.98 Å². The van der Waals surface area contributed by atoms with Crippen molar-refractivity contribution in [1.29, 1.82) is 0 Å². The van der Waals surface area contributed by atoms with Crippen LogP contribution in [0.3, 0.4) is 0 Å². The van der Waals surface area contributed by atoms with E-state index in [-0.39, 0.29) is 0 Å². The molecule has 0 spiro atoms. The van der Waals surface area contributed by atoms with Crippen LogP contribution in [0.25, 0.3) is 0 Å². The largest absolute Gasteiger partial charge is 0.287 e. The van der Waals surface area contributed by atoms with Crippen molar-refractivity contribution in [3.05, 3.63) is 82.8 Å². The number of thiazole rings is 1. The summed E-state index contributed by atoms with van der Waals surface area (Å²) in [5.41, 5.74) is 2.08. The smallest absolute Gasteiger partial charge is 0.250 e. The Morgan fingerprint density at radius 2 is 1.61 bits per heavy atom. The number of benzene rings is 2. The fourth-order valence-corrected chi connectivity index (χ4v) is 2.52. The number of para-hydroxylation sites is 1. The van der Waals surface area contributed by atoms with Crippen LogP contribution in [0.15, 0.2) is 87.8 Å². The third kappa shape index (κ3) is 3.94. The van der Waals surface area contributed by atoms with Gasteiger partial charge in [-0.25, -0.2) is 0 Å². The van der Waals surface area contributed by atoms with Gasteiger partial charge in [0.25, 0.3) is 5.84 Å². The third-order valence-corrected chi connectivity index (χ3v) is 3.87. The number of amidine groups is 1. The molecule has 0 radical (unpaired) electrons. The lowest BCUT2D eigenvalue weighted by Crippen LogP contribution is -3.04. The van der Waals surface area contributed by atoms with Crippen LogP contribution in [0.4, 0.5) is 5.69 Å². The monoisotopic (exact) mass is 322 g/mol. The molecule has 0 amide bonds. The molecule has 5 nitrogen and oxygen atoms in total. The van der Waals surface area contributed by atoms with Crippen molar-refractivity contribution < 1.29 is 5.01 Å². The minimum atomic E-state index is 0.830. The van der Waals surface area contributed by atoms with Gasteiger partial charge in [0.2, 0.25) is 0 Å². The molecule has 0 saturated carbocycles. The van der Waals surface area contributed by atoms with E-state index in [2.05, 4.69) is 20.5 Å². The number of quaternary nitrogens is 1. The van der Waals surface area contributed by atoms with E-state index in [4.69, 9.17) is 0 Å². The Hall–Kier alpha value is -2.70. The van der Waals surface area contributed by atoms with E-state index in [1.165, 1.54) is 0 Å². The molecule has 1 aliphatic heterocycles. The molecule has 1 aliphatic rings. The van der Waals surface area contributed by atoms with Crippen LogP contribution in [0.2, 0.25) is 0 Å². The van der Waals surface area contributed by atoms with Crippen molar-refractivity contribution in [3.63, 3.8) is 0 Å². The van der Waals surface area contributed by atoms with Crippen LogP contribution in [0.5, 0.6) is 0 Å². The van der Waals surface area contributed by atoms with Crippen molar-refractivity contribution in [2.45, 2.75) is 6.92 Å². The quantitative estimate of drug-likeness (QED) is 0.772. The fourth-order valence-electron chi connectivity index (χ4n) is 2.08. The maximum Gasteiger partial charge on any atom is 0.287 e. The van der Waals surface area contributed by atoms with Crippen LogP contribution in [-0.4, -0.2) is 10.8 Å². The Morgan fingerprint density at radius 1 is 0.913 bits per heavy atom. The second kappa shape index (κ2) is 7.53. The first-order chi connectivity index (χ1) is 11.3. The molecule has 0 bridgehead atoms. The lowest BCUT2D eigenvalue weighted by Gasteiger charge is -2.07. The van der Waals surface area contributed by atoms with Gasteiger partial charge >= 0.3 is 0 Å². The highest BCUT2D eigenvalue weighted by molar-refractivity contribution is 7.09. The van der Waals surface area contributed by atoms with Gasteiger partial charge in [0.05, 0.1) is 15.8 Å². The summed E-state index contributed by atoms with van der Waals surface area (Å²) in [7, 11) is 0. The molecule has 1 atom stereocenters. The second-order valence-electron chi connectivity index (χ2n) is 4.77. The van der Waals surface area contributed by atoms with Crippen molar-refractivity contribution in [2.75, 3.05) is 0 Å². The molecule has 23 heavy (non-hydrogen) atoms. The summed E-state index contributed by atoms with van der Waals surface area (Å²) < 4.78 is 0. The van der Waals surface area contributed by atoms with E-state index in [1.54, 1.807) is 17.5 Å². The summed E-state index contributed by atoms with van der Waals surface area (Å²) in [6, 6.07) is 20.0. The highest BCUT2D eigenvalue weighted by Crippen LogP contribution is 2.06. The topological polar surface area (TPSA) is 54.4 Å². The van der Waals surface area contributed by atoms with Gasteiger partial charge in [0, 0.05) is 28.9 Å². The zero-order valence-electron chi connectivity index (χ0n) is 12.6. The fraction of sp³-hybridized carbons (Fsp3) is 0.0588. The van der Waals surface area contributed by atoms with E-state index in [0.717, 1.165) is 27.1 Å². The number of nitrogens with zero attached hydrogens (tertiary/aromatic N) is 4. The lowest BCUT2D eigenvalue weighted by atomic mass is 10.2. The summed E-state index contributed by atoms with van der Waals surface area (Å²) in [5, 5.41) is 15.9. The highest BCUT2D eigenvalue weighted by atomic mass is 32.1. The molecule has 6 heteroatoms. The zero-order chi connectivity index (χ0) is 15.9. The Kier molecular flexibility index (Phi) is 4.98. The van der Waals surface area contributed by atoms with Crippen LogP contribution < -0.4 is 5.01 Å². The molecule has 4 rings (SSSR count). The summed E-state index contributed by atoms with van der Waals surface area (Å²) in [6.45, 7) is 1.99. The number of rotatable bonds is 2. The normalized spacial score (nSPS) is 15.7. The lowest BCUT2D eigenvalue weighted by molar-refractivity contribution is -0.739. The predicted octanol–water partition coefficient (Wildman–Crippen LogP) is 3.40. The van der Waals surface area contributed by atoms with E-state index < -0.39 is 0 Å². The average Bonchev–Trinajstić information content (AvgIpc) is 3.28. The molecule has 2 aromatic carbocycles.